The van der Waals surface area contributed by atoms with Crippen LogP contribution in [0.4, 0.5) is 14.5 Å². The Kier molecular flexibility index (Phi) is 5.80. The molecule has 1 unspecified atom stereocenters. The van der Waals surface area contributed by atoms with E-state index >= 15 is 0 Å². The van der Waals surface area contributed by atoms with Crippen LogP contribution in [0.2, 0.25) is 5.15 Å². The zero-order valence-corrected chi connectivity index (χ0v) is 18.2. The van der Waals surface area contributed by atoms with Crippen LogP contribution in [0.1, 0.15) is 47.4 Å². The molecule has 1 aliphatic rings. The first-order valence-corrected chi connectivity index (χ1v) is 11.4. The summed E-state index contributed by atoms with van der Waals surface area (Å²) >= 11 is 9.22. The van der Waals surface area contributed by atoms with Gasteiger partial charge >= 0.3 is 0 Å². The van der Waals surface area contributed by atoms with E-state index in [2.05, 4.69) is 22.1 Å². The summed E-state index contributed by atoms with van der Waals surface area (Å²) in [6.45, 7) is 2.31. The van der Waals surface area contributed by atoms with Crippen molar-refractivity contribution in [3.05, 3.63) is 44.1 Å². The quantitative estimate of drug-likeness (QED) is 0.365. The van der Waals surface area contributed by atoms with Crippen LogP contribution in [-0.4, -0.2) is 16.9 Å². The molecule has 4 rings (SSSR count). The number of nitrogens with two attached hydrogens (primary N) is 1. The van der Waals surface area contributed by atoms with Gasteiger partial charge in [-0.05, 0) is 31.2 Å². The van der Waals surface area contributed by atoms with Crippen molar-refractivity contribution in [1.29, 1.82) is 0 Å². The maximum atomic E-state index is 14.9. The molecular weight excluding hydrogens is 432 g/mol. The predicted octanol–water partition coefficient (Wildman–Crippen LogP) is 6.22. The Morgan fingerprint density at radius 1 is 1.45 bits per heavy atom. The fourth-order valence-corrected chi connectivity index (χ4v) is 6.11. The Morgan fingerprint density at radius 2 is 2.28 bits per heavy atom. The molecule has 1 aliphatic carbocycles. The molecule has 0 aromatic carbocycles. The zero-order chi connectivity index (χ0) is 20.6. The Bertz CT molecular complexity index is 1080. The van der Waals surface area contributed by atoms with Crippen LogP contribution in [0.3, 0.4) is 0 Å². The lowest BCUT2D eigenvalue weighted by Crippen LogP contribution is -2.43. The number of hydrogen-bond donors (Lipinski definition) is 2. The highest BCUT2D eigenvalue weighted by molar-refractivity contribution is 7.20. The van der Waals surface area contributed by atoms with Gasteiger partial charge in [0.15, 0.2) is 0 Å². The molecular formula is C21H20ClF2N3S2. The second kappa shape index (κ2) is 8.19. The number of fused-ring (bicyclic) bond motifs is 1. The molecule has 1 fully saturated rings. The summed E-state index contributed by atoms with van der Waals surface area (Å²) in [4.78, 5) is 6.12. The van der Waals surface area contributed by atoms with Gasteiger partial charge in [-0.3, -0.25) is 0 Å². The van der Waals surface area contributed by atoms with Crippen molar-refractivity contribution in [3.8, 4) is 11.8 Å². The molecule has 3 heterocycles. The van der Waals surface area contributed by atoms with E-state index in [1.54, 1.807) is 24.3 Å². The van der Waals surface area contributed by atoms with Crippen LogP contribution in [-0.2, 0) is 6.54 Å². The lowest BCUT2D eigenvalue weighted by Gasteiger charge is -2.35. The topological polar surface area (TPSA) is 50.9 Å². The number of halogens is 3. The highest BCUT2D eigenvalue weighted by Gasteiger charge is 2.48. The van der Waals surface area contributed by atoms with Crippen LogP contribution in [0.15, 0.2) is 23.6 Å². The maximum absolute atomic E-state index is 14.9. The summed E-state index contributed by atoms with van der Waals surface area (Å²) in [5.74, 6) is 1.93. The van der Waals surface area contributed by atoms with Crippen LogP contribution < -0.4 is 11.1 Å². The van der Waals surface area contributed by atoms with Gasteiger partial charge in [0.05, 0.1) is 21.9 Å². The fraction of sp³-hybridized carbons (Fsp3) is 0.381. The number of alkyl halides is 2. The molecule has 0 saturated heterocycles. The van der Waals surface area contributed by atoms with Gasteiger partial charge in [-0.15, -0.1) is 28.6 Å². The molecule has 2 atom stereocenters. The highest BCUT2D eigenvalue weighted by atomic mass is 35.5. The smallest absolute Gasteiger partial charge is 0.257 e. The fourth-order valence-electron chi connectivity index (χ4n) is 3.84. The minimum Gasteiger partial charge on any atom is -0.379 e. The van der Waals surface area contributed by atoms with E-state index in [-0.39, 0.29) is 6.42 Å². The first-order chi connectivity index (χ1) is 13.9. The molecule has 152 valence electrons. The number of hydrogen-bond acceptors (Lipinski definition) is 5. The normalized spacial score (nSPS) is 21.0. The number of pyridine rings is 1. The van der Waals surface area contributed by atoms with Crippen LogP contribution in [0.5, 0.6) is 0 Å². The molecule has 0 amide bonds. The molecule has 0 bridgehead atoms. The summed E-state index contributed by atoms with van der Waals surface area (Å²) in [6, 6.07) is 5.15. The molecule has 8 heteroatoms. The summed E-state index contributed by atoms with van der Waals surface area (Å²) in [5.41, 5.74) is 8.04. The van der Waals surface area contributed by atoms with Gasteiger partial charge in [0.1, 0.15) is 10.7 Å². The van der Waals surface area contributed by atoms with Gasteiger partial charge in [-0.25, -0.2) is 13.8 Å². The van der Waals surface area contributed by atoms with E-state index in [1.807, 2.05) is 17.5 Å². The first kappa shape index (κ1) is 20.5. The summed E-state index contributed by atoms with van der Waals surface area (Å²) in [5, 5.41) is 5.69. The standard InChI is InChI=1S/C21H20ClF2N3S2/c1-2-5-13-18-20(29-19(13)17-14(25)7-3-8-21(17,23)24)15(10-16(22)27-18)26-11-12-6-4-9-28-12/h4,6,9-10,14,17H,3,7-8,11,25H2,1H3,(H,26,27)/t14-,17?/m1/s1. The molecule has 1 saturated carbocycles. The average molecular weight is 452 g/mol. The van der Waals surface area contributed by atoms with E-state index in [0.717, 1.165) is 15.3 Å². The Morgan fingerprint density at radius 3 is 2.97 bits per heavy atom. The minimum absolute atomic E-state index is 0.156. The third-order valence-corrected chi connectivity index (χ3v) is 7.50. The van der Waals surface area contributed by atoms with Crippen LogP contribution in [0, 0.1) is 11.8 Å². The van der Waals surface area contributed by atoms with Crippen molar-refractivity contribution in [2.75, 3.05) is 5.32 Å². The molecule has 3 N–H and O–H groups in total. The van der Waals surface area contributed by atoms with Crippen molar-refractivity contribution < 1.29 is 8.78 Å². The number of nitrogens with one attached hydrogen (secondary N) is 1. The van der Waals surface area contributed by atoms with Crippen molar-refractivity contribution in [1.82, 2.24) is 4.98 Å². The second-order valence-electron chi connectivity index (χ2n) is 7.11. The predicted molar refractivity (Wildman–Crippen MR) is 118 cm³/mol. The zero-order valence-electron chi connectivity index (χ0n) is 15.8. The minimum atomic E-state index is -2.86. The lowest BCUT2D eigenvalue weighted by molar-refractivity contribution is -0.0602. The molecule has 0 radical (unpaired) electrons. The molecule has 3 aromatic heterocycles. The van der Waals surface area contributed by atoms with Crippen molar-refractivity contribution in [2.45, 2.75) is 50.6 Å². The van der Waals surface area contributed by atoms with Gasteiger partial charge in [0.25, 0.3) is 5.92 Å². The molecule has 29 heavy (non-hydrogen) atoms. The van der Waals surface area contributed by atoms with Gasteiger partial charge in [-0.2, -0.15) is 0 Å². The highest BCUT2D eigenvalue weighted by Crippen LogP contribution is 2.50. The summed E-state index contributed by atoms with van der Waals surface area (Å²) in [7, 11) is 0. The number of rotatable bonds is 4. The van der Waals surface area contributed by atoms with E-state index < -0.39 is 17.9 Å². The average Bonchev–Trinajstić information content (AvgIpc) is 3.28. The third-order valence-electron chi connectivity index (χ3n) is 5.13. The molecule has 3 nitrogen and oxygen atoms in total. The third kappa shape index (κ3) is 3.99. The van der Waals surface area contributed by atoms with Gasteiger partial charge in [-0.1, -0.05) is 23.6 Å². The van der Waals surface area contributed by atoms with Crippen molar-refractivity contribution in [2.24, 2.45) is 5.73 Å². The number of thiophene rings is 2. The summed E-state index contributed by atoms with van der Waals surface area (Å²) in [6.07, 6.45) is 0.851. The largest absolute Gasteiger partial charge is 0.379 e. The number of aromatic nitrogens is 1. The molecule has 0 aliphatic heterocycles. The monoisotopic (exact) mass is 451 g/mol. The van der Waals surface area contributed by atoms with Crippen LogP contribution >= 0.6 is 34.3 Å². The van der Waals surface area contributed by atoms with Gasteiger partial charge in [0.2, 0.25) is 0 Å². The van der Waals surface area contributed by atoms with E-state index in [1.165, 1.54) is 11.3 Å². The SMILES string of the molecule is CC#Cc1c(C2[C@H](N)CCCC2(F)F)sc2c(NCc3cccs3)cc(Cl)nc12. The van der Waals surface area contributed by atoms with E-state index in [4.69, 9.17) is 17.3 Å². The Balaban J connectivity index is 1.85. The van der Waals surface area contributed by atoms with E-state index in [0.29, 0.717) is 40.5 Å². The van der Waals surface area contributed by atoms with Crippen molar-refractivity contribution >= 4 is 50.2 Å². The number of anilines is 1. The van der Waals surface area contributed by atoms with Crippen LogP contribution in [0.25, 0.3) is 10.2 Å². The van der Waals surface area contributed by atoms with Gasteiger partial charge < -0.3 is 11.1 Å². The Hall–Kier alpha value is -1.72. The molecule has 0 spiro atoms. The second-order valence-corrected chi connectivity index (χ2v) is 9.59. The van der Waals surface area contributed by atoms with Gasteiger partial charge in [0, 0.05) is 34.8 Å². The Labute approximate surface area is 181 Å². The first-order valence-electron chi connectivity index (χ1n) is 9.36. The number of nitrogens with zero attached hydrogens (tertiary/aromatic N) is 1. The maximum Gasteiger partial charge on any atom is 0.257 e. The van der Waals surface area contributed by atoms with Crippen molar-refractivity contribution in [3.63, 3.8) is 0 Å². The lowest BCUT2D eigenvalue weighted by atomic mass is 9.79. The summed E-state index contributed by atoms with van der Waals surface area (Å²) < 4.78 is 30.6. The van der Waals surface area contributed by atoms with E-state index in [9.17, 15) is 8.78 Å². The molecule has 3 aromatic rings.